The molecule has 0 aliphatic carbocycles. The quantitative estimate of drug-likeness (QED) is 0.842. The largest absolute Gasteiger partial charge is 0.396 e. The Morgan fingerprint density at radius 3 is 2.21 bits per heavy atom. The van der Waals surface area contributed by atoms with Gasteiger partial charge < -0.3 is 10.0 Å². The van der Waals surface area contributed by atoms with E-state index in [-0.39, 0.29) is 17.8 Å². The summed E-state index contributed by atoms with van der Waals surface area (Å²) < 4.78 is 0. The van der Waals surface area contributed by atoms with Crippen molar-refractivity contribution >= 4 is 17.7 Å². The molecule has 2 aromatic carbocycles. The van der Waals surface area contributed by atoms with Crippen LogP contribution < -0.4 is 0 Å². The standard InChI is InChI=1S/C20H23NO2S/c22-15-16-11-13-21(14-12-16)20(23)19(17-7-3-1-4-8-17)24-18-9-5-2-6-10-18/h1-10,16,19,22H,11-15H2. The summed E-state index contributed by atoms with van der Waals surface area (Å²) in [6.07, 6.45) is 1.78. The average Bonchev–Trinajstić information content (AvgIpc) is 2.67. The van der Waals surface area contributed by atoms with E-state index >= 15 is 0 Å². The fourth-order valence-electron chi connectivity index (χ4n) is 3.03. The lowest BCUT2D eigenvalue weighted by molar-refractivity contribution is -0.132. The number of benzene rings is 2. The molecule has 0 saturated carbocycles. The first-order valence-electron chi connectivity index (χ1n) is 8.44. The van der Waals surface area contributed by atoms with Gasteiger partial charge in [0.15, 0.2) is 0 Å². The molecule has 1 aliphatic rings. The normalized spacial score (nSPS) is 16.8. The molecule has 1 heterocycles. The van der Waals surface area contributed by atoms with Gasteiger partial charge in [-0.3, -0.25) is 4.79 Å². The molecule has 0 aromatic heterocycles. The van der Waals surface area contributed by atoms with Gasteiger partial charge >= 0.3 is 0 Å². The van der Waals surface area contributed by atoms with Crippen LogP contribution >= 0.6 is 11.8 Å². The van der Waals surface area contributed by atoms with E-state index < -0.39 is 0 Å². The highest BCUT2D eigenvalue weighted by Crippen LogP contribution is 2.37. The molecule has 1 atom stereocenters. The lowest BCUT2D eigenvalue weighted by atomic mass is 9.97. The number of piperidine rings is 1. The Morgan fingerprint density at radius 1 is 1.04 bits per heavy atom. The zero-order chi connectivity index (χ0) is 16.8. The molecule has 1 unspecified atom stereocenters. The van der Waals surface area contributed by atoms with Crippen LogP contribution in [0.1, 0.15) is 23.7 Å². The van der Waals surface area contributed by atoms with Crippen LogP contribution in [0.3, 0.4) is 0 Å². The highest BCUT2D eigenvalue weighted by molar-refractivity contribution is 8.00. The Hall–Kier alpha value is -1.78. The zero-order valence-corrected chi connectivity index (χ0v) is 14.5. The second-order valence-corrected chi connectivity index (χ2v) is 7.35. The number of aliphatic hydroxyl groups is 1. The second-order valence-electron chi connectivity index (χ2n) is 6.17. The van der Waals surface area contributed by atoms with Gasteiger partial charge in [0.2, 0.25) is 5.91 Å². The summed E-state index contributed by atoms with van der Waals surface area (Å²) in [5.41, 5.74) is 1.04. The maximum atomic E-state index is 13.1. The Morgan fingerprint density at radius 2 is 1.62 bits per heavy atom. The van der Waals surface area contributed by atoms with Crippen molar-refractivity contribution in [2.24, 2.45) is 5.92 Å². The molecule has 126 valence electrons. The number of thioether (sulfide) groups is 1. The Bertz CT molecular complexity index is 639. The summed E-state index contributed by atoms with van der Waals surface area (Å²) in [5.74, 6) is 0.512. The van der Waals surface area contributed by atoms with Crippen LogP contribution in [-0.4, -0.2) is 35.6 Å². The smallest absolute Gasteiger partial charge is 0.240 e. The molecule has 2 aromatic rings. The summed E-state index contributed by atoms with van der Waals surface area (Å²) in [5, 5.41) is 9.07. The number of hydrogen-bond acceptors (Lipinski definition) is 3. The first kappa shape index (κ1) is 17.1. The van der Waals surface area contributed by atoms with Crippen LogP contribution in [0.5, 0.6) is 0 Å². The van der Waals surface area contributed by atoms with Crippen molar-refractivity contribution < 1.29 is 9.90 Å². The van der Waals surface area contributed by atoms with Crippen molar-refractivity contribution in [3.8, 4) is 0 Å². The van der Waals surface area contributed by atoms with Crippen LogP contribution in [0.25, 0.3) is 0 Å². The first-order chi connectivity index (χ1) is 11.8. The van der Waals surface area contributed by atoms with Gasteiger partial charge in [0, 0.05) is 24.6 Å². The van der Waals surface area contributed by atoms with Crippen LogP contribution in [0, 0.1) is 5.92 Å². The van der Waals surface area contributed by atoms with Gasteiger partial charge in [0.1, 0.15) is 5.25 Å². The van der Waals surface area contributed by atoms with E-state index in [0.29, 0.717) is 5.92 Å². The summed E-state index contributed by atoms with van der Waals surface area (Å²) in [7, 11) is 0. The van der Waals surface area contributed by atoms with Crippen molar-refractivity contribution in [1.29, 1.82) is 0 Å². The van der Waals surface area contributed by atoms with Gasteiger partial charge in [0.25, 0.3) is 0 Å². The molecule has 1 saturated heterocycles. The third-order valence-corrected chi connectivity index (χ3v) is 5.76. The fourth-order valence-corrected chi connectivity index (χ4v) is 4.16. The lowest BCUT2D eigenvalue weighted by Gasteiger charge is -2.33. The van der Waals surface area contributed by atoms with E-state index in [2.05, 4.69) is 0 Å². The number of hydrogen-bond donors (Lipinski definition) is 1. The van der Waals surface area contributed by atoms with Crippen LogP contribution in [0.4, 0.5) is 0 Å². The topological polar surface area (TPSA) is 40.5 Å². The Labute approximate surface area is 147 Å². The predicted octanol–water partition coefficient (Wildman–Crippen LogP) is 3.75. The van der Waals surface area contributed by atoms with Crippen LogP contribution in [0.2, 0.25) is 0 Å². The molecule has 3 nitrogen and oxygen atoms in total. The van der Waals surface area contributed by atoms with E-state index in [0.717, 1.165) is 36.4 Å². The second kappa shape index (κ2) is 8.36. The van der Waals surface area contributed by atoms with Gasteiger partial charge in [-0.15, -0.1) is 11.8 Å². The van der Waals surface area contributed by atoms with Crippen molar-refractivity contribution in [1.82, 2.24) is 4.90 Å². The van der Waals surface area contributed by atoms with E-state index in [1.807, 2.05) is 65.6 Å². The molecule has 3 rings (SSSR count). The number of carbonyl (C=O) groups is 1. The third kappa shape index (κ3) is 4.19. The molecular formula is C20H23NO2S. The van der Waals surface area contributed by atoms with Crippen molar-refractivity contribution in [3.05, 3.63) is 66.2 Å². The van der Waals surface area contributed by atoms with Gasteiger partial charge in [-0.1, -0.05) is 48.5 Å². The van der Waals surface area contributed by atoms with E-state index in [9.17, 15) is 9.90 Å². The molecule has 0 radical (unpaired) electrons. The monoisotopic (exact) mass is 341 g/mol. The molecule has 24 heavy (non-hydrogen) atoms. The molecule has 1 N–H and O–H groups in total. The van der Waals surface area contributed by atoms with Crippen molar-refractivity contribution in [2.45, 2.75) is 23.0 Å². The van der Waals surface area contributed by atoms with Gasteiger partial charge in [0.05, 0.1) is 0 Å². The minimum absolute atomic E-state index is 0.173. The third-order valence-electron chi connectivity index (χ3n) is 4.51. The molecule has 4 heteroatoms. The molecular weight excluding hydrogens is 318 g/mol. The lowest BCUT2D eigenvalue weighted by Crippen LogP contribution is -2.41. The van der Waals surface area contributed by atoms with Crippen molar-refractivity contribution in [2.75, 3.05) is 19.7 Å². The van der Waals surface area contributed by atoms with Crippen LogP contribution in [0.15, 0.2) is 65.6 Å². The van der Waals surface area contributed by atoms with E-state index in [4.69, 9.17) is 0 Å². The van der Waals surface area contributed by atoms with Gasteiger partial charge in [-0.05, 0) is 36.5 Å². The Kier molecular flexibility index (Phi) is 5.94. The summed E-state index contributed by atoms with van der Waals surface area (Å²) >= 11 is 1.61. The number of amides is 1. The molecule has 0 bridgehead atoms. The van der Waals surface area contributed by atoms with Crippen molar-refractivity contribution in [3.63, 3.8) is 0 Å². The van der Waals surface area contributed by atoms with Gasteiger partial charge in [-0.2, -0.15) is 0 Å². The number of carbonyl (C=O) groups excluding carboxylic acids is 1. The maximum Gasteiger partial charge on any atom is 0.240 e. The number of aliphatic hydroxyl groups excluding tert-OH is 1. The van der Waals surface area contributed by atoms with E-state index in [1.165, 1.54) is 0 Å². The molecule has 1 amide bonds. The highest BCUT2D eigenvalue weighted by atomic mass is 32.2. The summed E-state index contributed by atoms with van der Waals surface area (Å²) in [6, 6.07) is 20.1. The van der Waals surface area contributed by atoms with Gasteiger partial charge in [-0.25, -0.2) is 0 Å². The predicted molar refractivity (Wildman–Crippen MR) is 97.9 cm³/mol. The maximum absolute atomic E-state index is 13.1. The number of nitrogens with zero attached hydrogens (tertiary/aromatic N) is 1. The Balaban J connectivity index is 1.78. The molecule has 1 fully saturated rings. The number of likely N-dealkylation sites (tertiary alicyclic amines) is 1. The SMILES string of the molecule is O=C(C(Sc1ccccc1)c1ccccc1)N1CCC(CO)CC1. The minimum Gasteiger partial charge on any atom is -0.396 e. The highest BCUT2D eigenvalue weighted by Gasteiger charge is 2.29. The number of rotatable bonds is 5. The fraction of sp³-hybridized carbons (Fsp3) is 0.350. The van der Waals surface area contributed by atoms with E-state index in [1.54, 1.807) is 11.8 Å². The minimum atomic E-state index is -0.223. The summed E-state index contributed by atoms with van der Waals surface area (Å²) in [4.78, 5) is 16.2. The summed E-state index contributed by atoms with van der Waals surface area (Å²) in [6.45, 7) is 1.70. The zero-order valence-electron chi connectivity index (χ0n) is 13.7. The molecule has 1 aliphatic heterocycles. The molecule has 0 spiro atoms. The average molecular weight is 341 g/mol. The van der Waals surface area contributed by atoms with Crippen LogP contribution in [-0.2, 0) is 4.79 Å². The first-order valence-corrected chi connectivity index (χ1v) is 9.32.